The Morgan fingerprint density at radius 3 is 2.50 bits per heavy atom. The predicted octanol–water partition coefficient (Wildman–Crippen LogP) is -0.802. The summed E-state index contributed by atoms with van der Waals surface area (Å²) in [4.78, 5) is 11.8. The topological polar surface area (TPSA) is 135 Å². The maximum Gasteiger partial charge on any atom is 0.340 e. The Labute approximate surface area is 129 Å². The number of aliphatic hydroxyl groups is 3. The van der Waals surface area contributed by atoms with Crippen LogP contribution >= 0.6 is 7.60 Å². The number of carbonyl (C=O) groups excluding carboxylic acids is 1. The lowest BCUT2D eigenvalue weighted by atomic mass is 10.0. The number of hydrogen-bond acceptors (Lipinski definition) is 8. The van der Waals surface area contributed by atoms with Gasteiger partial charge in [-0.3, -0.25) is 9.36 Å². The lowest BCUT2D eigenvalue weighted by Gasteiger charge is -2.34. The number of amides is 1. The first-order valence-corrected chi connectivity index (χ1v) is 8.89. The summed E-state index contributed by atoms with van der Waals surface area (Å²) in [5, 5.41) is 31.3. The SMILES string of the molecule is CCOP(=O)(CC(=O)NC(O)[C@H]1OCC[C@@H](O)[C@@H]1O)OCC. The second-order valence-corrected chi connectivity index (χ2v) is 6.85. The quantitative estimate of drug-likeness (QED) is 0.333. The predicted molar refractivity (Wildman–Crippen MR) is 76.2 cm³/mol. The van der Waals surface area contributed by atoms with Gasteiger partial charge in [-0.2, -0.15) is 0 Å². The van der Waals surface area contributed by atoms with Crippen LogP contribution in [0.5, 0.6) is 0 Å². The molecule has 10 heteroatoms. The molecular weight excluding hydrogens is 317 g/mol. The van der Waals surface area contributed by atoms with Crippen LogP contribution in [0, 0.1) is 0 Å². The van der Waals surface area contributed by atoms with Crippen molar-refractivity contribution >= 4 is 13.5 Å². The minimum absolute atomic E-state index is 0.115. The van der Waals surface area contributed by atoms with Crippen molar-refractivity contribution in [1.82, 2.24) is 5.32 Å². The van der Waals surface area contributed by atoms with Gasteiger partial charge >= 0.3 is 7.60 Å². The van der Waals surface area contributed by atoms with Gasteiger partial charge in [0.2, 0.25) is 5.91 Å². The van der Waals surface area contributed by atoms with Gasteiger partial charge in [0.05, 0.1) is 19.3 Å². The zero-order chi connectivity index (χ0) is 16.8. The number of carbonyl (C=O) groups is 1. The fourth-order valence-corrected chi connectivity index (χ4v) is 3.57. The van der Waals surface area contributed by atoms with E-state index in [1.165, 1.54) is 0 Å². The summed E-state index contributed by atoms with van der Waals surface area (Å²) in [5.41, 5.74) is 0. The molecule has 1 amide bonds. The van der Waals surface area contributed by atoms with Crippen LogP contribution < -0.4 is 5.32 Å². The third kappa shape index (κ3) is 5.58. The number of hydrogen-bond donors (Lipinski definition) is 4. The lowest BCUT2D eigenvalue weighted by Crippen LogP contribution is -2.56. The molecule has 4 atom stereocenters. The van der Waals surface area contributed by atoms with Crippen molar-refractivity contribution in [3.8, 4) is 0 Å². The maximum absolute atomic E-state index is 12.2. The molecule has 1 unspecified atom stereocenters. The van der Waals surface area contributed by atoms with Gasteiger partial charge in [-0.1, -0.05) is 0 Å². The third-order valence-electron chi connectivity index (χ3n) is 3.06. The van der Waals surface area contributed by atoms with E-state index in [2.05, 4.69) is 5.32 Å². The third-order valence-corrected chi connectivity index (χ3v) is 5.04. The van der Waals surface area contributed by atoms with E-state index >= 15 is 0 Å². The van der Waals surface area contributed by atoms with Crippen molar-refractivity contribution in [3.63, 3.8) is 0 Å². The summed E-state index contributed by atoms with van der Waals surface area (Å²) in [6.45, 7) is 3.61. The van der Waals surface area contributed by atoms with Crippen LogP contribution in [-0.4, -0.2) is 71.7 Å². The van der Waals surface area contributed by atoms with E-state index in [1.807, 2.05) is 0 Å². The molecule has 0 radical (unpaired) electrons. The Hall–Kier alpha value is -0.540. The van der Waals surface area contributed by atoms with Crippen LogP contribution in [0.15, 0.2) is 0 Å². The molecule has 4 N–H and O–H groups in total. The highest BCUT2D eigenvalue weighted by Crippen LogP contribution is 2.47. The van der Waals surface area contributed by atoms with Crippen LogP contribution in [-0.2, 0) is 23.1 Å². The molecule has 1 aliphatic rings. The zero-order valence-corrected chi connectivity index (χ0v) is 13.6. The van der Waals surface area contributed by atoms with Gasteiger partial charge in [0.25, 0.3) is 0 Å². The molecule has 1 heterocycles. The second kappa shape index (κ2) is 8.93. The first-order chi connectivity index (χ1) is 10.3. The van der Waals surface area contributed by atoms with Crippen molar-refractivity contribution in [2.45, 2.75) is 44.8 Å². The van der Waals surface area contributed by atoms with E-state index in [4.69, 9.17) is 13.8 Å². The monoisotopic (exact) mass is 341 g/mol. The highest BCUT2D eigenvalue weighted by molar-refractivity contribution is 7.54. The molecule has 1 aliphatic heterocycles. The average molecular weight is 341 g/mol. The number of ether oxygens (including phenoxy) is 1. The van der Waals surface area contributed by atoms with Crippen LogP contribution in [0.4, 0.5) is 0 Å². The van der Waals surface area contributed by atoms with Crippen LogP contribution in [0.25, 0.3) is 0 Å². The summed E-state index contributed by atoms with van der Waals surface area (Å²) >= 11 is 0. The van der Waals surface area contributed by atoms with Gasteiger partial charge in [-0.05, 0) is 20.3 Å². The van der Waals surface area contributed by atoms with Gasteiger partial charge < -0.3 is 34.4 Å². The maximum atomic E-state index is 12.2. The second-order valence-electron chi connectivity index (χ2n) is 4.80. The fourth-order valence-electron chi connectivity index (χ4n) is 2.08. The average Bonchev–Trinajstić information content (AvgIpc) is 2.41. The summed E-state index contributed by atoms with van der Waals surface area (Å²) < 4.78 is 27.3. The minimum atomic E-state index is -3.58. The molecule has 0 saturated carbocycles. The Kier molecular flexibility index (Phi) is 7.92. The van der Waals surface area contributed by atoms with Crippen molar-refractivity contribution < 1.29 is 38.5 Å². The van der Waals surface area contributed by atoms with Crippen molar-refractivity contribution in [2.24, 2.45) is 0 Å². The van der Waals surface area contributed by atoms with E-state index in [0.717, 1.165) is 0 Å². The van der Waals surface area contributed by atoms with Crippen molar-refractivity contribution in [3.05, 3.63) is 0 Å². The van der Waals surface area contributed by atoms with Crippen LogP contribution in [0.2, 0.25) is 0 Å². The van der Waals surface area contributed by atoms with Crippen LogP contribution in [0.3, 0.4) is 0 Å². The van der Waals surface area contributed by atoms with Gasteiger partial charge in [-0.15, -0.1) is 0 Å². The van der Waals surface area contributed by atoms with E-state index in [1.54, 1.807) is 13.8 Å². The molecule has 22 heavy (non-hydrogen) atoms. The highest BCUT2D eigenvalue weighted by Gasteiger charge is 2.38. The molecule has 1 fully saturated rings. The molecule has 0 bridgehead atoms. The normalized spacial score (nSPS) is 27.4. The van der Waals surface area contributed by atoms with E-state index in [9.17, 15) is 24.7 Å². The molecular formula is C12H24NO8P. The first-order valence-electron chi connectivity index (χ1n) is 7.16. The highest BCUT2D eigenvalue weighted by atomic mass is 31.2. The number of aliphatic hydroxyl groups excluding tert-OH is 3. The van der Waals surface area contributed by atoms with Gasteiger partial charge in [-0.25, -0.2) is 0 Å². The van der Waals surface area contributed by atoms with Crippen molar-refractivity contribution in [2.75, 3.05) is 26.0 Å². The molecule has 0 aromatic heterocycles. The summed E-state index contributed by atoms with van der Waals surface area (Å²) in [6, 6.07) is 0. The number of rotatable bonds is 8. The Balaban J connectivity index is 2.57. The zero-order valence-electron chi connectivity index (χ0n) is 12.7. The van der Waals surface area contributed by atoms with Gasteiger partial charge in [0.15, 0.2) is 6.23 Å². The van der Waals surface area contributed by atoms with E-state index in [0.29, 0.717) is 0 Å². The lowest BCUT2D eigenvalue weighted by molar-refractivity contribution is -0.177. The molecule has 0 aromatic carbocycles. The Morgan fingerprint density at radius 1 is 1.36 bits per heavy atom. The largest absolute Gasteiger partial charge is 0.390 e. The Bertz CT molecular complexity index is 397. The molecule has 0 aliphatic carbocycles. The van der Waals surface area contributed by atoms with Crippen LogP contribution in [0.1, 0.15) is 20.3 Å². The molecule has 130 valence electrons. The van der Waals surface area contributed by atoms with Crippen molar-refractivity contribution in [1.29, 1.82) is 0 Å². The standard InChI is InChI=1S/C12H24NO8P/c1-3-20-22(18,21-4-2)7-9(15)13-12(17)11-10(16)8(14)5-6-19-11/h8,10-12,14,16-17H,3-7H2,1-2H3,(H,13,15)/t8-,10+,11+,12?/m1/s1. The summed E-state index contributed by atoms with van der Waals surface area (Å²) in [5.74, 6) is -0.770. The summed E-state index contributed by atoms with van der Waals surface area (Å²) in [7, 11) is -3.58. The minimum Gasteiger partial charge on any atom is -0.390 e. The molecule has 9 nitrogen and oxygen atoms in total. The Morgan fingerprint density at radius 2 is 1.95 bits per heavy atom. The van der Waals surface area contributed by atoms with E-state index in [-0.39, 0.29) is 26.2 Å². The molecule has 0 spiro atoms. The van der Waals surface area contributed by atoms with Gasteiger partial charge in [0, 0.05) is 6.61 Å². The summed E-state index contributed by atoms with van der Waals surface area (Å²) in [6.07, 6.45) is -5.39. The molecule has 1 rings (SSSR count). The van der Waals surface area contributed by atoms with E-state index < -0.39 is 44.2 Å². The molecule has 1 saturated heterocycles. The number of nitrogens with one attached hydrogen (secondary N) is 1. The molecule has 0 aromatic rings. The smallest absolute Gasteiger partial charge is 0.340 e. The fraction of sp³-hybridized carbons (Fsp3) is 0.917. The first kappa shape index (κ1) is 19.5. The van der Waals surface area contributed by atoms with Gasteiger partial charge in [0.1, 0.15) is 18.4 Å².